The summed E-state index contributed by atoms with van der Waals surface area (Å²) in [6, 6.07) is 11.5. The molecule has 0 aliphatic rings. The summed E-state index contributed by atoms with van der Waals surface area (Å²) in [4.78, 5) is 28.7. The Bertz CT molecular complexity index is 952. The van der Waals surface area contributed by atoms with E-state index in [1.165, 1.54) is 25.4 Å². The van der Waals surface area contributed by atoms with E-state index in [1.54, 1.807) is 37.3 Å². The highest BCUT2D eigenvalue weighted by molar-refractivity contribution is 6.07. The molecule has 0 saturated carbocycles. The Hall–Kier alpha value is -3.68. The van der Waals surface area contributed by atoms with Crippen LogP contribution in [-0.2, 0) is 0 Å². The number of hydrogen-bond acceptors (Lipinski definition) is 6. The molecular formula is C18H16N4O4. The largest absolute Gasteiger partial charge is 0.495 e. The Morgan fingerprint density at radius 2 is 1.88 bits per heavy atom. The van der Waals surface area contributed by atoms with Crippen molar-refractivity contribution in [1.82, 2.24) is 10.1 Å². The predicted molar refractivity (Wildman–Crippen MR) is 94.4 cm³/mol. The van der Waals surface area contributed by atoms with Crippen molar-refractivity contribution in [3.8, 4) is 5.75 Å². The Morgan fingerprint density at radius 1 is 1.08 bits per heavy atom. The molecule has 1 aromatic carbocycles. The zero-order chi connectivity index (χ0) is 18.5. The quantitative estimate of drug-likeness (QED) is 0.731. The molecule has 0 atom stereocenters. The van der Waals surface area contributed by atoms with Crippen LogP contribution in [0.1, 0.15) is 26.6 Å². The molecule has 132 valence electrons. The molecular weight excluding hydrogens is 336 g/mol. The number of nitrogens with zero attached hydrogens (tertiary/aromatic N) is 2. The second kappa shape index (κ2) is 7.47. The van der Waals surface area contributed by atoms with Gasteiger partial charge in [0.25, 0.3) is 11.8 Å². The second-order valence-corrected chi connectivity index (χ2v) is 5.36. The van der Waals surface area contributed by atoms with Crippen LogP contribution in [0.25, 0.3) is 0 Å². The second-order valence-electron chi connectivity index (χ2n) is 5.36. The van der Waals surface area contributed by atoms with Crippen LogP contribution in [0.4, 0.5) is 11.5 Å². The zero-order valence-electron chi connectivity index (χ0n) is 14.1. The highest BCUT2D eigenvalue weighted by atomic mass is 16.5. The van der Waals surface area contributed by atoms with Gasteiger partial charge in [-0.05, 0) is 31.2 Å². The molecule has 0 spiro atoms. The Labute approximate surface area is 149 Å². The van der Waals surface area contributed by atoms with Gasteiger partial charge < -0.3 is 19.9 Å². The number of anilines is 2. The van der Waals surface area contributed by atoms with Gasteiger partial charge in [0, 0.05) is 17.8 Å². The van der Waals surface area contributed by atoms with E-state index in [1.807, 2.05) is 0 Å². The van der Waals surface area contributed by atoms with E-state index in [4.69, 9.17) is 9.26 Å². The lowest BCUT2D eigenvalue weighted by atomic mass is 10.2. The van der Waals surface area contributed by atoms with Crippen LogP contribution in [-0.4, -0.2) is 29.1 Å². The fourth-order valence-corrected chi connectivity index (χ4v) is 2.24. The third kappa shape index (κ3) is 3.86. The van der Waals surface area contributed by atoms with Gasteiger partial charge in [0.1, 0.15) is 17.2 Å². The van der Waals surface area contributed by atoms with Gasteiger partial charge in [0.2, 0.25) is 0 Å². The lowest BCUT2D eigenvalue weighted by molar-refractivity contribution is 0.102. The Balaban J connectivity index is 1.75. The molecule has 2 aromatic heterocycles. The predicted octanol–water partition coefficient (Wildman–Crippen LogP) is 2.89. The van der Waals surface area contributed by atoms with Gasteiger partial charge >= 0.3 is 0 Å². The summed E-state index contributed by atoms with van der Waals surface area (Å²) in [6.07, 6.45) is 1.39. The zero-order valence-corrected chi connectivity index (χ0v) is 14.1. The minimum Gasteiger partial charge on any atom is -0.495 e. The Kier molecular flexibility index (Phi) is 4.93. The fourth-order valence-electron chi connectivity index (χ4n) is 2.24. The van der Waals surface area contributed by atoms with Crippen molar-refractivity contribution in [2.24, 2.45) is 0 Å². The number of rotatable bonds is 5. The number of carbonyl (C=O) groups excluding carboxylic acids is 2. The molecule has 2 amide bonds. The summed E-state index contributed by atoms with van der Waals surface area (Å²) in [5.74, 6) is 0.515. The van der Waals surface area contributed by atoms with Gasteiger partial charge in [-0.25, -0.2) is 0 Å². The van der Waals surface area contributed by atoms with Crippen molar-refractivity contribution in [3.63, 3.8) is 0 Å². The summed E-state index contributed by atoms with van der Waals surface area (Å²) >= 11 is 0. The van der Waals surface area contributed by atoms with Crippen LogP contribution in [0.5, 0.6) is 5.75 Å². The molecule has 8 nitrogen and oxygen atoms in total. The molecule has 0 unspecified atom stereocenters. The molecule has 0 fully saturated rings. The summed E-state index contributed by atoms with van der Waals surface area (Å²) in [7, 11) is 1.51. The maximum atomic E-state index is 12.4. The first-order valence-electron chi connectivity index (χ1n) is 7.72. The summed E-state index contributed by atoms with van der Waals surface area (Å²) < 4.78 is 10.1. The summed E-state index contributed by atoms with van der Waals surface area (Å²) in [6.45, 7) is 1.72. The first-order chi connectivity index (χ1) is 12.6. The third-order valence-corrected chi connectivity index (χ3v) is 3.48. The van der Waals surface area contributed by atoms with E-state index in [-0.39, 0.29) is 11.3 Å². The highest BCUT2D eigenvalue weighted by Gasteiger charge is 2.14. The fraction of sp³-hybridized carbons (Fsp3) is 0.111. The van der Waals surface area contributed by atoms with Crippen molar-refractivity contribution in [2.45, 2.75) is 6.92 Å². The monoisotopic (exact) mass is 352 g/mol. The number of nitrogens with one attached hydrogen (secondary N) is 2. The minimum atomic E-state index is -0.457. The highest BCUT2D eigenvalue weighted by Crippen LogP contribution is 2.23. The Morgan fingerprint density at radius 3 is 2.62 bits per heavy atom. The molecule has 0 aliphatic carbocycles. The number of aryl methyl sites for hydroxylation is 1. The van der Waals surface area contributed by atoms with Gasteiger partial charge in [-0.15, -0.1) is 0 Å². The maximum absolute atomic E-state index is 12.4. The molecule has 3 aromatic rings. The van der Waals surface area contributed by atoms with Crippen molar-refractivity contribution in [3.05, 3.63) is 65.7 Å². The van der Waals surface area contributed by atoms with Gasteiger partial charge in [-0.2, -0.15) is 0 Å². The van der Waals surface area contributed by atoms with E-state index in [0.29, 0.717) is 23.0 Å². The topological polar surface area (TPSA) is 106 Å². The van der Waals surface area contributed by atoms with Crippen LogP contribution in [0, 0.1) is 6.92 Å². The maximum Gasteiger partial charge on any atom is 0.274 e. The number of benzene rings is 1. The average molecular weight is 352 g/mol. The van der Waals surface area contributed by atoms with E-state index in [0.717, 1.165) is 0 Å². The number of ether oxygens (including phenoxy) is 1. The van der Waals surface area contributed by atoms with Gasteiger partial charge in [0.15, 0.2) is 5.82 Å². The average Bonchev–Trinajstić information content (AvgIpc) is 3.07. The molecule has 0 aliphatic heterocycles. The molecule has 2 N–H and O–H groups in total. The van der Waals surface area contributed by atoms with Gasteiger partial charge in [-0.1, -0.05) is 17.3 Å². The first-order valence-corrected chi connectivity index (χ1v) is 7.72. The van der Waals surface area contributed by atoms with E-state index in [9.17, 15) is 9.59 Å². The van der Waals surface area contributed by atoms with E-state index < -0.39 is 11.8 Å². The van der Waals surface area contributed by atoms with Crippen molar-refractivity contribution >= 4 is 23.3 Å². The number of carbonyl (C=O) groups is 2. The number of aromatic nitrogens is 2. The van der Waals surface area contributed by atoms with Gasteiger partial charge in [-0.3, -0.25) is 14.6 Å². The third-order valence-electron chi connectivity index (χ3n) is 3.48. The molecule has 3 rings (SSSR count). The lowest BCUT2D eigenvalue weighted by Gasteiger charge is -2.10. The van der Waals surface area contributed by atoms with Crippen LogP contribution < -0.4 is 15.4 Å². The van der Waals surface area contributed by atoms with Gasteiger partial charge in [0.05, 0.1) is 12.8 Å². The van der Waals surface area contributed by atoms with Crippen LogP contribution in [0.15, 0.2) is 53.2 Å². The standard InChI is InChI=1S/C18H16N4O4/c1-11-9-16(22-26-11)21-17(23)12-7-8-19-14(10-12)18(24)20-13-5-3-4-6-15(13)25-2/h3-10H,1-2H3,(H,20,24)(H,21,22,23). The minimum absolute atomic E-state index is 0.0971. The van der Waals surface area contributed by atoms with E-state index >= 15 is 0 Å². The number of pyridine rings is 1. The van der Waals surface area contributed by atoms with Crippen molar-refractivity contribution in [2.75, 3.05) is 17.7 Å². The number of amides is 2. The SMILES string of the molecule is COc1ccccc1NC(=O)c1cc(C(=O)Nc2cc(C)on2)ccn1. The lowest BCUT2D eigenvalue weighted by Crippen LogP contribution is -2.17. The number of hydrogen-bond donors (Lipinski definition) is 2. The summed E-state index contributed by atoms with van der Waals surface area (Å²) in [5, 5.41) is 9.00. The molecule has 2 heterocycles. The van der Waals surface area contributed by atoms with Crippen LogP contribution in [0.3, 0.4) is 0 Å². The smallest absolute Gasteiger partial charge is 0.274 e. The van der Waals surface area contributed by atoms with Crippen LogP contribution >= 0.6 is 0 Å². The molecule has 0 saturated heterocycles. The molecule has 8 heteroatoms. The number of methoxy groups -OCH3 is 1. The first kappa shape index (κ1) is 17.2. The summed E-state index contributed by atoms with van der Waals surface area (Å²) in [5.41, 5.74) is 0.875. The van der Waals surface area contributed by atoms with Crippen molar-refractivity contribution < 1.29 is 18.8 Å². The normalized spacial score (nSPS) is 10.2. The van der Waals surface area contributed by atoms with Crippen LogP contribution in [0.2, 0.25) is 0 Å². The van der Waals surface area contributed by atoms with Crippen molar-refractivity contribution in [1.29, 1.82) is 0 Å². The molecule has 0 radical (unpaired) electrons. The molecule has 0 bridgehead atoms. The number of para-hydroxylation sites is 2. The molecule has 26 heavy (non-hydrogen) atoms. The van der Waals surface area contributed by atoms with E-state index in [2.05, 4.69) is 20.8 Å².